The Morgan fingerprint density at radius 3 is 2.43 bits per heavy atom. The van der Waals surface area contributed by atoms with Gasteiger partial charge in [0.25, 0.3) is 0 Å². The van der Waals surface area contributed by atoms with Gasteiger partial charge in [0.1, 0.15) is 5.75 Å². The van der Waals surface area contributed by atoms with Gasteiger partial charge in [-0.15, -0.1) is 0 Å². The molecule has 2 aromatic carbocycles. The zero-order valence-electron chi connectivity index (χ0n) is 12.4. The van der Waals surface area contributed by atoms with Gasteiger partial charge < -0.3 is 20.3 Å². The van der Waals surface area contributed by atoms with Crippen molar-refractivity contribution in [2.75, 3.05) is 20.8 Å². The normalized spacial score (nSPS) is 12.0. The summed E-state index contributed by atoms with van der Waals surface area (Å²) in [6.45, 7) is 0.517. The highest BCUT2D eigenvalue weighted by molar-refractivity contribution is 5.43. The molecule has 0 aromatic heterocycles. The second-order valence-electron chi connectivity index (χ2n) is 4.88. The predicted molar refractivity (Wildman–Crippen MR) is 83.2 cm³/mol. The second-order valence-corrected chi connectivity index (χ2v) is 4.88. The monoisotopic (exact) mass is 287 g/mol. The zero-order valence-corrected chi connectivity index (χ0v) is 12.4. The fourth-order valence-corrected chi connectivity index (χ4v) is 2.46. The van der Waals surface area contributed by atoms with Crippen LogP contribution in [0.1, 0.15) is 17.0 Å². The molecule has 0 saturated heterocycles. The van der Waals surface area contributed by atoms with E-state index in [9.17, 15) is 5.11 Å². The average molecular weight is 287 g/mol. The summed E-state index contributed by atoms with van der Waals surface area (Å²) in [6, 6.07) is 13.3. The molecule has 4 heteroatoms. The molecule has 0 aliphatic carbocycles. The smallest absolute Gasteiger partial charge is 0.160 e. The van der Waals surface area contributed by atoms with Gasteiger partial charge in [-0.25, -0.2) is 0 Å². The summed E-state index contributed by atoms with van der Waals surface area (Å²) in [4.78, 5) is 0. The highest BCUT2D eigenvalue weighted by Crippen LogP contribution is 2.31. The van der Waals surface area contributed by atoms with Crippen molar-refractivity contribution in [1.82, 2.24) is 0 Å². The number of phenols is 1. The predicted octanol–water partition coefficient (Wildman–Crippen LogP) is 2.69. The number of rotatable bonds is 6. The molecule has 0 spiro atoms. The van der Waals surface area contributed by atoms with Crippen molar-refractivity contribution in [3.05, 3.63) is 53.6 Å². The molecule has 2 aromatic rings. The van der Waals surface area contributed by atoms with E-state index in [4.69, 9.17) is 15.2 Å². The Kier molecular flexibility index (Phi) is 5.06. The number of aromatic hydroxyl groups is 1. The van der Waals surface area contributed by atoms with E-state index in [1.165, 1.54) is 0 Å². The van der Waals surface area contributed by atoms with Gasteiger partial charge in [-0.05, 0) is 42.3 Å². The molecule has 0 fully saturated rings. The second kappa shape index (κ2) is 6.99. The summed E-state index contributed by atoms with van der Waals surface area (Å²) < 4.78 is 10.6. The van der Waals surface area contributed by atoms with Crippen LogP contribution in [0, 0.1) is 0 Å². The quantitative estimate of drug-likeness (QED) is 0.857. The molecule has 0 bridgehead atoms. The van der Waals surface area contributed by atoms with Gasteiger partial charge in [-0.1, -0.05) is 24.3 Å². The highest BCUT2D eigenvalue weighted by atomic mass is 16.5. The Hall–Kier alpha value is -2.20. The number of methoxy groups -OCH3 is 2. The van der Waals surface area contributed by atoms with Crippen LogP contribution in [0.5, 0.6) is 17.2 Å². The summed E-state index contributed by atoms with van der Waals surface area (Å²) in [5.74, 6) is 1.61. The van der Waals surface area contributed by atoms with Gasteiger partial charge in [0.05, 0.1) is 14.2 Å². The van der Waals surface area contributed by atoms with E-state index in [-0.39, 0.29) is 11.7 Å². The number of para-hydroxylation sites is 1. The van der Waals surface area contributed by atoms with E-state index >= 15 is 0 Å². The number of hydrogen-bond donors (Lipinski definition) is 2. The number of nitrogens with two attached hydrogens (primary N) is 1. The van der Waals surface area contributed by atoms with Gasteiger partial charge in [-0.3, -0.25) is 0 Å². The maximum Gasteiger partial charge on any atom is 0.160 e. The molecule has 4 nitrogen and oxygen atoms in total. The largest absolute Gasteiger partial charge is 0.504 e. The lowest BCUT2D eigenvalue weighted by atomic mass is 9.91. The fraction of sp³-hybridized carbons (Fsp3) is 0.294. The summed E-state index contributed by atoms with van der Waals surface area (Å²) in [5, 5.41) is 9.66. The number of benzene rings is 2. The number of phenolic OH excluding ortho intramolecular Hbond substituents is 1. The molecule has 2 rings (SSSR count). The maximum absolute atomic E-state index is 9.66. The van der Waals surface area contributed by atoms with E-state index < -0.39 is 0 Å². The van der Waals surface area contributed by atoms with Crippen LogP contribution in [0.15, 0.2) is 42.5 Å². The third-order valence-corrected chi connectivity index (χ3v) is 3.59. The molecule has 0 radical (unpaired) electrons. The van der Waals surface area contributed by atoms with Gasteiger partial charge in [0, 0.05) is 5.92 Å². The van der Waals surface area contributed by atoms with E-state index in [1.807, 2.05) is 36.4 Å². The molecule has 1 atom stereocenters. The average Bonchev–Trinajstić information content (AvgIpc) is 2.54. The summed E-state index contributed by atoms with van der Waals surface area (Å²) >= 11 is 0. The molecule has 0 aliphatic heterocycles. The fourth-order valence-electron chi connectivity index (χ4n) is 2.46. The minimum atomic E-state index is 0.142. The van der Waals surface area contributed by atoms with Crippen LogP contribution in [0.2, 0.25) is 0 Å². The molecule has 0 saturated carbocycles. The molecular weight excluding hydrogens is 266 g/mol. The van der Waals surface area contributed by atoms with Crippen LogP contribution in [0.3, 0.4) is 0 Å². The van der Waals surface area contributed by atoms with Crippen molar-refractivity contribution < 1.29 is 14.6 Å². The molecule has 0 amide bonds. The van der Waals surface area contributed by atoms with Crippen LogP contribution >= 0.6 is 0 Å². The topological polar surface area (TPSA) is 64.7 Å². The van der Waals surface area contributed by atoms with Crippen molar-refractivity contribution in [1.29, 1.82) is 0 Å². The first-order chi connectivity index (χ1) is 10.2. The van der Waals surface area contributed by atoms with Crippen LogP contribution in [-0.2, 0) is 6.42 Å². The lowest BCUT2D eigenvalue weighted by Gasteiger charge is -2.18. The lowest BCUT2D eigenvalue weighted by Crippen LogP contribution is -2.16. The minimum absolute atomic E-state index is 0.142. The number of ether oxygens (including phenoxy) is 2. The van der Waals surface area contributed by atoms with Crippen LogP contribution in [0.4, 0.5) is 0 Å². The van der Waals surface area contributed by atoms with Crippen LogP contribution in [-0.4, -0.2) is 25.9 Å². The molecule has 3 N–H and O–H groups in total. The van der Waals surface area contributed by atoms with Crippen molar-refractivity contribution in [3.8, 4) is 17.2 Å². The summed E-state index contributed by atoms with van der Waals surface area (Å²) in [7, 11) is 3.20. The molecule has 112 valence electrons. The Labute approximate surface area is 125 Å². The molecule has 0 heterocycles. The third kappa shape index (κ3) is 3.47. The van der Waals surface area contributed by atoms with Crippen molar-refractivity contribution >= 4 is 0 Å². The van der Waals surface area contributed by atoms with Crippen molar-refractivity contribution in [2.45, 2.75) is 12.3 Å². The Morgan fingerprint density at radius 1 is 1.05 bits per heavy atom. The zero-order chi connectivity index (χ0) is 15.2. The summed E-state index contributed by atoms with van der Waals surface area (Å²) in [6.07, 6.45) is 0.757. The third-order valence-electron chi connectivity index (χ3n) is 3.59. The Bertz CT molecular complexity index is 598. The van der Waals surface area contributed by atoms with Crippen LogP contribution < -0.4 is 15.2 Å². The Morgan fingerprint density at radius 2 is 1.76 bits per heavy atom. The van der Waals surface area contributed by atoms with Gasteiger partial charge in [-0.2, -0.15) is 0 Å². The van der Waals surface area contributed by atoms with E-state index in [1.54, 1.807) is 20.3 Å². The van der Waals surface area contributed by atoms with Crippen molar-refractivity contribution in [2.24, 2.45) is 5.73 Å². The molecule has 0 aliphatic rings. The first-order valence-corrected chi connectivity index (χ1v) is 6.88. The summed E-state index contributed by atoms with van der Waals surface area (Å²) in [5.41, 5.74) is 8.09. The minimum Gasteiger partial charge on any atom is -0.504 e. The maximum atomic E-state index is 9.66. The van der Waals surface area contributed by atoms with Gasteiger partial charge in [0.15, 0.2) is 11.5 Å². The van der Waals surface area contributed by atoms with Crippen molar-refractivity contribution in [3.63, 3.8) is 0 Å². The molecule has 21 heavy (non-hydrogen) atoms. The Balaban J connectivity index is 2.27. The van der Waals surface area contributed by atoms with Crippen LogP contribution in [0.25, 0.3) is 0 Å². The first-order valence-electron chi connectivity index (χ1n) is 6.88. The van der Waals surface area contributed by atoms with E-state index in [2.05, 4.69) is 0 Å². The van der Waals surface area contributed by atoms with Gasteiger partial charge in [0.2, 0.25) is 0 Å². The molecule has 1 unspecified atom stereocenters. The van der Waals surface area contributed by atoms with E-state index in [0.717, 1.165) is 23.3 Å². The number of hydrogen-bond acceptors (Lipinski definition) is 4. The van der Waals surface area contributed by atoms with Gasteiger partial charge >= 0.3 is 0 Å². The lowest BCUT2D eigenvalue weighted by molar-refractivity contribution is 0.372. The molecular formula is C17H21NO3. The first kappa shape index (κ1) is 15.2. The standard InChI is InChI=1S/C17H21NO3/c1-20-16-6-4-3-5-14(16)13(11-18)9-12-7-8-15(19)17(10-12)21-2/h3-8,10,13,19H,9,11,18H2,1-2H3. The van der Waals surface area contributed by atoms with E-state index in [0.29, 0.717) is 12.3 Å². The SMILES string of the molecule is COc1cc(CC(CN)c2ccccc2OC)ccc1O. The highest BCUT2D eigenvalue weighted by Gasteiger charge is 2.16.